The van der Waals surface area contributed by atoms with Gasteiger partial charge in [-0.1, -0.05) is 30.3 Å². The second kappa shape index (κ2) is 6.56. The average molecular weight is 322 g/mol. The van der Waals surface area contributed by atoms with E-state index in [0.29, 0.717) is 0 Å². The van der Waals surface area contributed by atoms with E-state index in [9.17, 15) is 0 Å². The van der Waals surface area contributed by atoms with Gasteiger partial charge in [-0.3, -0.25) is 4.90 Å². The zero-order valence-corrected chi connectivity index (χ0v) is 13.7. The number of hydrogen-bond acceptors (Lipinski definition) is 5. The van der Waals surface area contributed by atoms with Crippen LogP contribution in [0.2, 0.25) is 0 Å². The molecule has 0 amide bonds. The molecule has 2 aromatic heterocycles. The summed E-state index contributed by atoms with van der Waals surface area (Å²) in [6.45, 7) is 2.98. The van der Waals surface area contributed by atoms with Gasteiger partial charge in [0.05, 0.1) is 12.2 Å². The van der Waals surface area contributed by atoms with Gasteiger partial charge >= 0.3 is 0 Å². The van der Waals surface area contributed by atoms with E-state index in [4.69, 9.17) is 0 Å². The second-order valence-electron chi connectivity index (χ2n) is 5.72. The van der Waals surface area contributed by atoms with Crippen molar-refractivity contribution in [2.45, 2.75) is 19.4 Å². The molecule has 0 bridgehead atoms. The third kappa shape index (κ3) is 3.16. The molecule has 116 valence electrons. The van der Waals surface area contributed by atoms with Crippen LogP contribution >= 0.6 is 11.3 Å². The summed E-state index contributed by atoms with van der Waals surface area (Å²) in [6, 6.07) is 10.4. The maximum absolute atomic E-state index is 4.56. The molecular weight excluding hydrogens is 304 g/mol. The van der Waals surface area contributed by atoms with Gasteiger partial charge < -0.3 is 0 Å². The third-order valence-corrected chi connectivity index (χ3v) is 5.03. The number of aromatic nitrogens is 3. The summed E-state index contributed by atoms with van der Waals surface area (Å²) in [6.07, 6.45) is 5.55. The predicted octanol–water partition coefficient (Wildman–Crippen LogP) is 3.20. The lowest BCUT2D eigenvalue weighted by molar-refractivity contribution is 0.278. The number of nitrogens with zero attached hydrogens (tertiary/aromatic N) is 4. The van der Waals surface area contributed by atoms with Gasteiger partial charge in [0.2, 0.25) is 0 Å². The molecule has 5 heteroatoms. The topological polar surface area (TPSA) is 41.9 Å². The van der Waals surface area contributed by atoms with Crippen LogP contribution in [0.3, 0.4) is 0 Å². The quantitative estimate of drug-likeness (QED) is 0.742. The average Bonchev–Trinajstić information content (AvgIpc) is 3.02. The van der Waals surface area contributed by atoms with Crippen molar-refractivity contribution < 1.29 is 0 Å². The molecule has 1 aliphatic heterocycles. The van der Waals surface area contributed by atoms with Gasteiger partial charge in [0, 0.05) is 47.9 Å². The number of thiazole rings is 1. The van der Waals surface area contributed by atoms with Gasteiger partial charge in [0.1, 0.15) is 11.3 Å². The van der Waals surface area contributed by atoms with Gasteiger partial charge in [-0.25, -0.2) is 15.0 Å². The number of hydrogen-bond donors (Lipinski definition) is 0. The second-order valence-corrected chi connectivity index (χ2v) is 6.69. The lowest BCUT2D eigenvalue weighted by Gasteiger charge is -2.17. The van der Waals surface area contributed by atoms with Crippen LogP contribution in [0.5, 0.6) is 0 Å². The first-order chi connectivity index (χ1) is 11.4. The summed E-state index contributed by atoms with van der Waals surface area (Å²) in [5.74, 6) is 0. The molecule has 0 unspecified atom stereocenters. The molecule has 1 aliphatic rings. The van der Waals surface area contributed by atoms with Gasteiger partial charge in [-0.2, -0.15) is 0 Å². The molecule has 0 radical (unpaired) electrons. The summed E-state index contributed by atoms with van der Waals surface area (Å²) in [5, 5.41) is 3.23. The van der Waals surface area contributed by atoms with E-state index in [1.165, 1.54) is 21.8 Å². The smallest absolute Gasteiger partial charge is 0.116 e. The summed E-state index contributed by atoms with van der Waals surface area (Å²) in [7, 11) is 0. The van der Waals surface area contributed by atoms with E-state index >= 15 is 0 Å². The molecule has 23 heavy (non-hydrogen) atoms. The van der Waals surface area contributed by atoms with Crippen molar-refractivity contribution in [3.8, 4) is 11.3 Å². The summed E-state index contributed by atoms with van der Waals surface area (Å²) in [5.41, 5.74) is 4.77. The highest BCUT2D eigenvalue weighted by molar-refractivity contribution is 7.09. The standard InChI is InChI=1S/C18H18N4S/c1-2-4-14(5-3-1)18-15-6-9-22(12-17-19-8-11-23-17)10-7-16(15)20-13-21-18/h1-5,8,11,13H,6-7,9-10,12H2. The van der Waals surface area contributed by atoms with Crippen molar-refractivity contribution in [2.75, 3.05) is 13.1 Å². The predicted molar refractivity (Wildman–Crippen MR) is 92.3 cm³/mol. The van der Waals surface area contributed by atoms with Crippen LogP contribution in [-0.4, -0.2) is 32.9 Å². The highest BCUT2D eigenvalue weighted by Gasteiger charge is 2.19. The fraction of sp³-hybridized carbons (Fsp3) is 0.278. The molecule has 4 nitrogen and oxygen atoms in total. The first kappa shape index (κ1) is 14.5. The largest absolute Gasteiger partial charge is 0.296 e. The van der Waals surface area contributed by atoms with Crippen LogP contribution in [0, 0.1) is 0 Å². The summed E-state index contributed by atoms with van der Waals surface area (Å²) in [4.78, 5) is 16.0. The zero-order valence-electron chi connectivity index (χ0n) is 12.9. The molecule has 0 aliphatic carbocycles. The molecule has 0 saturated heterocycles. The van der Waals surface area contributed by atoms with E-state index in [0.717, 1.165) is 38.2 Å². The molecule has 0 atom stereocenters. The minimum absolute atomic E-state index is 0.930. The molecule has 0 fully saturated rings. The number of benzene rings is 1. The van der Waals surface area contributed by atoms with Gasteiger partial charge in [-0.15, -0.1) is 11.3 Å². The molecule has 3 heterocycles. The highest BCUT2D eigenvalue weighted by atomic mass is 32.1. The van der Waals surface area contributed by atoms with Crippen molar-refractivity contribution in [2.24, 2.45) is 0 Å². The normalized spacial score (nSPS) is 15.1. The first-order valence-electron chi connectivity index (χ1n) is 7.89. The van der Waals surface area contributed by atoms with E-state index in [1.807, 2.05) is 17.6 Å². The molecule has 0 saturated carbocycles. The van der Waals surface area contributed by atoms with E-state index in [-0.39, 0.29) is 0 Å². The Morgan fingerprint density at radius 3 is 2.70 bits per heavy atom. The Bertz CT molecular complexity index is 771. The van der Waals surface area contributed by atoms with Gasteiger partial charge in [0.25, 0.3) is 0 Å². The number of rotatable bonds is 3. The lowest BCUT2D eigenvalue weighted by Crippen LogP contribution is -2.25. The Labute approximate surface area is 139 Å². The summed E-state index contributed by atoms with van der Waals surface area (Å²) >= 11 is 1.73. The van der Waals surface area contributed by atoms with Gasteiger partial charge in [0.15, 0.2) is 0 Å². The third-order valence-electron chi connectivity index (χ3n) is 4.27. The molecule has 0 spiro atoms. The van der Waals surface area contributed by atoms with Crippen molar-refractivity contribution in [1.82, 2.24) is 19.9 Å². The first-order valence-corrected chi connectivity index (χ1v) is 8.77. The molecule has 4 rings (SSSR count). The van der Waals surface area contributed by atoms with E-state index in [1.54, 1.807) is 17.7 Å². The number of fused-ring (bicyclic) bond motifs is 1. The minimum Gasteiger partial charge on any atom is -0.296 e. The minimum atomic E-state index is 0.930. The van der Waals surface area contributed by atoms with E-state index < -0.39 is 0 Å². The maximum Gasteiger partial charge on any atom is 0.116 e. The van der Waals surface area contributed by atoms with E-state index in [2.05, 4.69) is 44.1 Å². The van der Waals surface area contributed by atoms with Crippen LogP contribution in [0.1, 0.15) is 16.3 Å². The Kier molecular flexibility index (Phi) is 4.13. The Morgan fingerprint density at radius 2 is 1.87 bits per heavy atom. The Morgan fingerprint density at radius 1 is 1.00 bits per heavy atom. The highest BCUT2D eigenvalue weighted by Crippen LogP contribution is 2.26. The monoisotopic (exact) mass is 322 g/mol. The van der Waals surface area contributed by atoms with Crippen LogP contribution in [0.15, 0.2) is 48.2 Å². The fourth-order valence-corrected chi connectivity index (χ4v) is 3.76. The van der Waals surface area contributed by atoms with Gasteiger partial charge in [-0.05, 0) is 6.42 Å². The Hall–Kier alpha value is -2.11. The molecular formula is C18H18N4S. The van der Waals surface area contributed by atoms with Crippen LogP contribution in [0.25, 0.3) is 11.3 Å². The zero-order chi connectivity index (χ0) is 15.5. The van der Waals surface area contributed by atoms with Crippen LogP contribution < -0.4 is 0 Å². The van der Waals surface area contributed by atoms with Crippen LogP contribution in [0.4, 0.5) is 0 Å². The van der Waals surface area contributed by atoms with Crippen molar-refractivity contribution in [3.05, 3.63) is 64.5 Å². The Balaban J connectivity index is 1.59. The molecule has 3 aromatic rings. The van der Waals surface area contributed by atoms with Crippen molar-refractivity contribution in [3.63, 3.8) is 0 Å². The SMILES string of the molecule is c1ccc(-c2ncnc3c2CCN(Cc2nccs2)CC3)cc1. The fourth-order valence-electron chi connectivity index (χ4n) is 3.10. The molecule has 0 N–H and O–H groups in total. The maximum atomic E-state index is 4.56. The van der Waals surface area contributed by atoms with Crippen molar-refractivity contribution >= 4 is 11.3 Å². The van der Waals surface area contributed by atoms with Crippen molar-refractivity contribution in [1.29, 1.82) is 0 Å². The summed E-state index contributed by atoms with van der Waals surface area (Å²) < 4.78 is 0. The lowest BCUT2D eigenvalue weighted by atomic mass is 10.0. The molecule has 1 aromatic carbocycles. The van der Waals surface area contributed by atoms with Crippen LogP contribution in [-0.2, 0) is 19.4 Å².